The second-order valence-corrected chi connectivity index (χ2v) is 6.17. The summed E-state index contributed by atoms with van der Waals surface area (Å²) in [6.07, 6.45) is 2.55. The van der Waals surface area contributed by atoms with E-state index in [2.05, 4.69) is 58.3 Å². The van der Waals surface area contributed by atoms with Gasteiger partial charge in [0.25, 0.3) is 0 Å². The molecule has 102 valence electrons. The molecule has 2 aromatic rings. The van der Waals surface area contributed by atoms with E-state index in [9.17, 15) is 0 Å². The number of aliphatic hydroxyl groups is 1. The number of hydrogen-bond donors (Lipinski definition) is 2. The smallest absolute Gasteiger partial charge is 0.0758 e. The number of fused-ring (bicyclic) bond motifs is 1. The first kappa shape index (κ1) is 14.4. The van der Waals surface area contributed by atoms with E-state index in [1.807, 2.05) is 12.3 Å². The Kier molecular flexibility index (Phi) is 4.55. The van der Waals surface area contributed by atoms with Crippen molar-refractivity contribution in [3.8, 4) is 0 Å². The topological polar surface area (TPSA) is 45.1 Å². The summed E-state index contributed by atoms with van der Waals surface area (Å²) in [4.78, 5) is 4.47. The van der Waals surface area contributed by atoms with Crippen LogP contribution >= 0.6 is 15.9 Å². The van der Waals surface area contributed by atoms with Crippen LogP contribution in [0.15, 0.2) is 34.9 Å². The first-order valence-corrected chi connectivity index (χ1v) is 7.21. The van der Waals surface area contributed by atoms with Crippen LogP contribution in [-0.2, 0) is 6.54 Å². The van der Waals surface area contributed by atoms with Crippen molar-refractivity contribution >= 4 is 26.8 Å². The number of benzene rings is 1. The van der Waals surface area contributed by atoms with Gasteiger partial charge in [-0.15, -0.1) is 0 Å². The molecular formula is C15H19BrN2O. The fourth-order valence-electron chi connectivity index (χ4n) is 2.04. The summed E-state index contributed by atoms with van der Waals surface area (Å²) >= 11 is 3.55. The molecule has 0 bridgehead atoms. The Morgan fingerprint density at radius 1 is 1.32 bits per heavy atom. The number of halogens is 1. The van der Waals surface area contributed by atoms with Crippen molar-refractivity contribution in [1.29, 1.82) is 0 Å². The average molecular weight is 323 g/mol. The van der Waals surface area contributed by atoms with Crippen LogP contribution in [0.3, 0.4) is 0 Å². The highest BCUT2D eigenvalue weighted by atomic mass is 79.9. The third-order valence-electron chi connectivity index (χ3n) is 3.29. The Morgan fingerprint density at radius 2 is 2.11 bits per heavy atom. The Labute approximate surface area is 122 Å². The monoisotopic (exact) mass is 322 g/mol. The fraction of sp³-hybridized carbons (Fsp3) is 0.400. The van der Waals surface area contributed by atoms with Crippen molar-refractivity contribution < 1.29 is 5.11 Å². The van der Waals surface area contributed by atoms with E-state index in [0.29, 0.717) is 0 Å². The molecule has 0 radical (unpaired) electrons. The van der Waals surface area contributed by atoms with Gasteiger partial charge in [-0.2, -0.15) is 0 Å². The lowest BCUT2D eigenvalue weighted by molar-refractivity contribution is 0.230. The molecule has 19 heavy (non-hydrogen) atoms. The van der Waals surface area contributed by atoms with E-state index >= 15 is 0 Å². The van der Waals surface area contributed by atoms with E-state index in [0.717, 1.165) is 28.3 Å². The molecule has 4 heteroatoms. The molecule has 0 amide bonds. The first-order valence-electron chi connectivity index (χ1n) is 6.41. The van der Waals surface area contributed by atoms with Gasteiger partial charge in [0.1, 0.15) is 0 Å². The second kappa shape index (κ2) is 5.99. The summed E-state index contributed by atoms with van der Waals surface area (Å²) < 4.78 is 1.06. The minimum atomic E-state index is -0.0804. The SMILES string of the molecule is CC(C)(CCO)NCc1ccc(Br)c2cccnc12. The summed E-state index contributed by atoms with van der Waals surface area (Å²) in [5, 5.41) is 13.6. The maximum absolute atomic E-state index is 9.05. The molecular weight excluding hydrogens is 304 g/mol. The molecule has 2 N–H and O–H groups in total. The van der Waals surface area contributed by atoms with Gasteiger partial charge in [-0.1, -0.05) is 28.1 Å². The molecule has 0 aliphatic heterocycles. The zero-order valence-electron chi connectivity index (χ0n) is 11.3. The largest absolute Gasteiger partial charge is 0.396 e. The van der Waals surface area contributed by atoms with Gasteiger partial charge >= 0.3 is 0 Å². The Morgan fingerprint density at radius 3 is 2.84 bits per heavy atom. The number of hydrogen-bond acceptors (Lipinski definition) is 3. The van der Waals surface area contributed by atoms with Gasteiger partial charge < -0.3 is 10.4 Å². The zero-order chi connectivity index (χ0) is 13.9. The van der Waals surface area contributed by atoms with Crippen molar-refractivity contribution in [3.05, 3.63) is 40.5 Å². The third-order valence-corrected chi connectivity index (χ3v) is 3.99. The van der Waals surface area contributed by atoms with Crippen LogP contribution in [0.2, 0.25) is 0 Å². The molecule has 0 unspecified atom stereocenters. The summed E-state index contributed by atoms with van der Waals surface area (Å²) in [6, 6.07) is 8.15. The predicted molar refractivity (Wildman–Crippen MR) is 82.1 cm³/mol. The number of aliphatic hydroxyl groups excluding tert-OH is 1. The highest BCUT2D eigenvalue weighted by Crippen LogP contribution is 2.25. The molecule has 0 saturated heterocycles. The molecule has 1 aromatic heterocycles. The van der Waals surface area contributed by atoms with Gasteiger partial charge in [0.2, 0.25) is 0 Å². The summed E-state index contributed by atoms with van der Waals surface area (Å²) in [5.74, 6) is 0. The van der Waals surface area contributed by atoms with E-state index in [4.69, 9.17) is 5.11 Å². The van der Waals surface area contributed by atoms with Crippen molar-refractivity contribution in [3.63, 3.8) is 0 Å². The van der Waals surface area contributed by atoms with E-state index in [-0.39, 0.29) is 12.1 Å². The number of pyridine rings is 1. The first-order chi connectivity index (χ1) is 9.03. The third kappa shape index (κ3) is 3.53. The van der Waals surface area contributed by atoms with Crippen LogP contribution in [-0.4, -0.2) is 22.2 Å². The van der Waals surface area contributed by atoms with Crippen molar-refractivity contribution in [2.75, 3.05) is 6.61 Å². The van der Waals surface area contributed by atoms with Crippen LogP contribution in [0.25, 0.3) is 10.9 Å². The molecule has 1 heterocycles. The lowest BCUT2D eigenvalue weighted by Crippen LogP contribution is -2.39. The number of nitrogens with zero attached hydrogens (tertiary/aromatic N) is 1. The lowest BCUT2D eigenvalue weighted by Gasteiger charge is -2.25. The summed E-state index contributed by atoms with van der Waals surface area (Å²) in [7, 11) is 0. The zero-order valence-corrected chi connectivity index (χ0v) is 12.9. The predicted octanol–water partition coefficient (Wildman–Crippen LogP) is 3.25. The Bertz CT molecular complexity index is 569. The van der Waals surface area contributed by atoms with E-state index < -0.39 is 0 Å². The second-order valence-electron chi connectivity index (χ2n) is 5.32. The number of nitrogens with one attached hydrogen (secondary N) is 1. The van der Waals surface area contributed by atoms with Gasteiger partial charge in [0.15, 0.2) is 0 Å². The highest BCUT2D eigenvalue weighted by Gasteiger charge is 2.16. The molecule has 0 spiro atoms. The van der Waals surface area contributed by atoms with Crippen LogP contribution in [0.4, 0.5) is 0 Å². The van der Waals surface area contributed by atoms with Gasteiger partial charge in [-0.05, 0) is 38.0 Å². The molecule has 2 rings (SSSR count). The van der Waals surface area contributed by atoms with Gasteiger partial charge in [-0.25, -0.2) is 0 Å². The fourth-order valence-corrected chi connectivity index (χ4v) is 2.49. The van der Waals surface area contributed by atoms with Crippen molar-refractivity contribution in [2.24, 2.45) is 0 Å². The minimum Gasteiger partial charge on any atom is -0.396 e. The molecule has 0 fully saturated rings. The van der Waals surface area contributed by atoms with Crippen LogP contribution in [0.5, 0.6) is 0 Å². The number of aromatic nitrogens is 1. The average Bonchev–Trinajstić information content (AvgIpc) is 2.38. The van der Waals surface area contributed by atoms with Crippen molar-refractivity contribution in [1.82, 2.24) is 10.3 Å². The van der Waals surface area contributed by atoms with E-state index in [1.54, 1.807) is 0 Å². The van der Waals surface area contributed by atoms with Gasteiger partial charge in [-0.3, -0.25) is 4.98 Å². The highest BCUT2D eigenvalue weighted by molar-refractivity contribution is 9.10. The van der Waals surface area contributed by atoms with E-state index in [1.165, 1.54) is 5.56 Å². The molecule has 0 atom stereocenters. The van der Waals surface area contributed by atoms with Crippen LogP contribution < -0.4 is 5.32 Å². The quantitative estimate of drug-likeness (QED) is 0.888. The molecule has 0 aliphatic rings. The summed E-state index contributed by atoms with van der Waals surface area (Å²) in [5.41, 5.74) is 2.11. The maximum Gasteiger partial charge on any atom is 0.0758 e. The Balaban J connectivity index is 2.24. The lowest BCUT2D eigenvalue weighted by atomic mass is 10.0. The summed E-state index contributed by atoms with van der Waals surface area (Å²) in [6.45, 7) is 5.13. The van der Waals surface area contributed by atoms with Crippen molar-refractivity contribution in [2.45, 2.75) is 32.4 Å². The maximum atomic E-state index is 9.05. The van der Waals surface area contributed by atoms with Gasteiger partial charge in [0, 0.05) is 34.7 Å². The number of rotatable bonds is 5. The molecule has 0 saturated carbocycles. The molecule has 3 nitrogen and oxygen atoms in total. The van der Waals surface area contributed by atoms with Gasteiger partial charge in [0.05, 0.1) is 5.52 Å². The molecule has 1 aromatic carbocycles. The normalized spacial score (nSPS) is 12.0. The minimum absolute atomic E-state index is 0.0804. The van der Waals surface area contributed by atoms with Crippen LogP contribution in [0.1, 0.15) is 25.8 Å². The standard InChI is InChI=1S/C15H19BrN2O/c1-15(2,7-9-19)18-10-11-5-6-13(16)12-4-3-8-17-14(11)12/h3-6,8,18-19H,7,9-10H2,1-2H3. The molecule has 0 aliphatic carbocycles. The van der Waals surface area contributed by atoms with Crippen LogP contribution in [0, 0.1) is 0 Å². The Hall–Kier alpha value is -0.970.